The van der Waals surface area contributed by atoms with E-state index in [0.29, 0.717) is 33.0 Å². The minimum absolute atomic E-state index is 0.0567. The van der Waals surface area contributed by atoms with Gasteiger partial charge in [-0.05, 0) is 54.1 Å². The van der Waals surface area contributed by atoms with Crippen LogP contribution in [0.2, 0.25) is 5.02 Å². The number of nitrogens with zero attached hydrogens (tertiary/aromatic N) is 4. The molecular weight excluding hydrogens is 508 g/mol. The van der Waals surface area contributed by atoms with Gasteiger partial charge in [0, 0.05) is 27.3 Å². The average molecular weight is 522 g/mol. The van der Waals surface area contributed by atoms with Crippen LogP contribution in [0.25, 0.3) is 33.5 Å². The predicted molar refractivity (Wildman–Crippen MR) is 131 cm³/mol. The number of non-ortho nitro benzene ring substituents is 1. The van der Waals surface area contributed by atoms with Crippen molar-refractivity contribution >= 4 is 44.1 Å². The molecule has 0 aliphatic carbocycles. The van der Waals surface area contributed by atoms with Gasteiger partial charge in [0.05, 0.1) is 33.4 Å². The lowest BCUT2D eigenvalue weighted by atomic mass is 10.1. The van der Waals surface area contributed by atoms with Gasteiger partial charge in [-0.1, -0.05) is 45.7 Å². The van der Waals surface area contributed by atoms with Crippen molar-refractivity contribution in [2.75, 3.05) is 0 Å². The fraction of sp³-hybridized carbons (Fsp3) is 0. The fourth-order valence-electron chi connectivity index (χ4n) is 3.71. The number of nitro benzene ring substituents is 1. The molecule has 9 heteroatoms. The van der Waals surface area contributed by atoms with E-state index >= 15 is 0 Å². The van der Waals surface area contributed by atoms with Crippen molar-refractivity contribution in [1.29, 1.82) is 0 Å². The Morgan fingerprint density at radius 2 is 1.67 bits per heavy atom. The summed E-state index contributed by atoms with van der Waals surface area (Å²) < 4.78 is 4.06. The molecule has 0 unspecified atom stereocenters. The molecule has 33 heavy (non-hydrogen) atoms. The average Bonchev–Trinajstić information content (AvgIpc) is 3.25. The summed E-state index contributed by atoms with van der Waals surface area (Å²) in [4.78, 5) is 24.4. The Morgan fingerprint density at radius 1 is 0.939 bits per heavy atom. The van der Waals surface area contributed by atoms with Gasteiger partial charge < -0.3 is 0 Å². The maximum atomic E-state index is 13.7. The Kier molecular flexibility index (Phi) is 5.32. The van der Waals surface area contributed by atoms with Crippen molar-refractivity contribution in [3.63, 3.8) is 0 Å². The molecule has 0 radical (unpaired) electrons. The first kappa shape index (κ1) is 21.1. The van der Waals surface area contributed by atoms with E-state index < -0.39 is 4.92 Å². The summed E-state index contributed by atoms with van der Waals surface area (Å²) in [6.45, 7) is 0. The van der Waals surface area contributed by atoms with Gasteiger partial charge in [0.2, 0.25) is 0 Å². The molecule has 0 aliphatic rings. The summed E-state index contributed by atoms with van der Waals surface area (Å²) in [5.74, 6) is 0. The third-order valence-electron chi connectivity index (χ3n) is 5.26. The van der Waals surface area contributed by atoms with E-state index in [0.717, 1.165) is 10.0 Å². The summed E-state index contributed by atoms with van der Waals surface area (Å²) in [6, 6.07) is 22.6. The normalized spacial score (nSPS) is 11.1. The Balaban J connectivity index is 1.82. The van der Waals surface area contributed by atoms with Crippen LogP contribution in [-0.4, -0.2) is 19.3 Å². The van der Waals surface area contributed by atoms with E-state index in [2.05, 4.69) is 21.0 Å². The van der Waals surface area contributed by atoms with E-state index in [4.69, 9.17) is 11.6 Å². The molecule has 0 aliphatic heterocycles. The molecule has 0 N–H and O–H groups in total. The lowest BCUT2D eigenvalue weighted by molar-refractivity contribution is -0.384. The third kappa shape index (κ3) is 3.83. The van der Waals surface area contributed by atoms with Crippen LogP contribution in [0, 0.1) is 10.1 Å². The second kappa shape index (κ2) is 8.31. The Morgan fingerprint density at radius 3 is 2.36 bits per heavy atom. The molecule has 0 saturated carbocycles. The summed E-state index contributed by atoms with van der Waals surface area (Å²) in [6.07, 6.45) is 1.48. The van der Waals surface area contributed by atoms with Gasteiger partial charge >= 0.3 is 0 Å². The molecule has 0 atom stereocenters. The van der Waals surface area contributed by atoms with Crippen molar-refractivity contribution in [1.82, 2.24) is 14.3 Å². The van der Waals surface area contributed by atoms with Gasteiger partial charge in [-0.15, -0.1) is 0 Å². The monoisotopic (exact) mass is 520 g/mol. The summed E-state index contributed by atoms with van der Waals surface area (Å²) in [5.41, 5.74) is 2.84. The molecule has 162 valence electrons. The summed E-state index contributed by atoms with van der Waals surface area (Å²) >= 11 is 9.51. The molecule has 0 fully saturated rings. The van der Waals surface area contributed by atoms with E-state index in [-0.39, 0.29) is 11.2 Å². The van der Waals surface area contributed by atoms with Gasteiger partial charge in [0.1, 0.15) is 0 Å². The number of aromatic nitrogens is 3. The van der Waals surface area contributed by atoms with Gasteiger partial charge in [-0.3, -0.25) is 19.5 Å². The van der Waals surface area contributed by atoms with Crippen molar-refractivity contribution in [3.8, 4) is 22.6 Å². The molecule has 5 aromatic rings. The number of hydrogen-bond donors (Lipinski definition) is 0. The highest BCUT2D eigenvalue weighted by Crippen LogP contribution is 2.28. The van der Waals surface area contributed by atoms with Crippen LogP contribution in [0.1, 0.15) is 0 Å². The number of nitro groups is 1. The lowest BCUT2D eigenvalue weighted by Crippen LogP contribution is -2.20. The number of fused-ring (bicyclic) bond motifs is 1. The zero-order valence-corrected chi connectivity index (χ0v) is 19.2. The van der Waals surface area contributed by atoms with E-state index in [1.54, 1.807) is 41.0 Å². The van der Waals surface area contributed by atoms with Crippen LogP contribution in [0.4, 0.5) is 5.69 Å². The molecule has 0 bridgehead atoms. The molecule has 3 aromatic carbocycles. The van der Waals surface area contributed by atoms with Crippen LogP contribution in [0.5, 0.6) is 0 Å². The van der Waals surface area contributed by atoms with Crippen LogP contribution in [-0.2, 0) is 0 Å². The van der Waals surface area contributed by atoms with Crippen molar-refractivity contribution in [2.45, 2.75) is 0 Å². The first-order valence-corrected chi connectivity index (χ1v) is 11.0. The standard InChI is InChI=1S/C24H14BrClN4O3/c25-16-6-4-15(5-7-16)22-13-23-21(24(31)28(22)18-10-8-17(26)9-11-18)14-27-29(23)19-2-1-3-20(12-19)30(32)33/h1-14H. The third-order valence-corrected chi connectivity index (χ3v) is 6.04. The second-order valence-electron chi connectivity index (χ2n) is 7.29. The molecular formula is C24H14BrClN4O3. The number of pyridine rings is 1. The highest BCUT2D eigenvalue weighted by molar-refractivity contribution is 9.10. The smallest absolute Gasteiger partial charge is 0.271 e. The quantitative estimate of drug-likeness (QED) is 0.209. The van der Waals surface area contributed by atoms with Crippen LogP contribution < -0.4 is 5.56 Å². The molecule has 7 nitrogen and oxygen atoms in total. The van der Waals surface area contributed by atoms with Crippen LogP contribution >= 0.6 is 27.5 Å². The first-order valence-electron chi connectivity index (χ1n) is 9.83. The zero-order valence-electron chi connectivity index (χ0n) is 16.9. The molecule has 2 aromatic heterocycles. The molecule has 5 rings (SSSR count). The topological polar surface area (TPSA) is 83.0 Å². The molecule has 2 heterocycles. The minimum atomic E-state index is -0.462. The van der Waals surface area contributed by atoms with E-state index in [1.165, 1.54) is 23.0 Å². The number of hydrogen-bond acceptors (Lipinski definition) is 4. The van der Waals surface area contributed by atoms with Gasteiger partial charge in [-0.2, -0.15) is 5.10 Å². The predicted octanol–water partition coefficient (Wildman–Crippen LogP) is 6.17. The van der Waals surface area contributed by atoms with Gasteiger partial charge in [0.15, 0.2) is 0 Å². The highest BCUT2D eigenvalue weighted by atomic mass is 79.9. The molecule has 0 spiro atoms. The second-order valence-corrected chi connectivity index (χ2v) is 8.64. The first-order chi connectivity index (χ1) is 15.9. The molecule has 0 saturated heterocycles. The SMILES string of the molecule is O=c1c2cnn(-c3cccc([N+](=O)[O-])c3)c2cc(-c2ccc(Br)cc2)n1-c1ccc(Cl)cc1. The minimum Gasteiger partial charge on any atom is -0.276 e. The van der Waals surface area contributed by atoms with Gasteiger partial charge in [0.25, 0.3) is 11.2 Å². The maximum Gasteiger partial charge on any atom is 0.271 e. The zero-order chi connectivity index (χ0) is 23.1. The Bertz CT molecular complexity index is 1570. The Hall–Kier alpha value is -3.75. The van der Waals surface area contributed by atoms with E-state index in [9.17, 15) is 14.9 Å². The largest absolute Gasteiger partial charge is 0.276 e. The van der Waals surface area contributed by atoms with Crippen molar-refractivity contribution in [3.05, 3.63) is 115 Å². The number of rotatable bonds is 4. The van der Waals surface area contributed by atoms with Crippen molar-refractivity contribution in [2.24, 2.45) is 0 Å². The summed E-state index contributed by atoms with van der Waals surface area (Å²) in [5, 5.41) is 16.6. The van der Waals surface area contributed by atoms with Crippen LogP contribution in [0.15, 0.2) is 94.3 Å². The fourth-order valence-corrected chi connectivity index (χ4v) is 4.10. The number of benzene rings is 3. The van der Waals surface area contributed by atoms with Crippen LogP contribution in [0.3, 0.4) is 0 Å². The number of halogens is 2. The van der Waals surface area contributed by atoms with E-state index in [1.807, 2.05) is 30.3 Å². The molecule has 0 amide bonds. The Labute approximate surface area is 200 Å². The maximum absolute atomic E-state index is 13.7. The highest BCUT2D eigenvalue weighted by Gasteiger charge is 2.18. The lowest BCUT2D eigenvalue weighted by Gasteiger charge is -2.15. The van der Waals surface area contributed by atoms with Crippen molar-refractivity contribution < 1.29 is 4.92 Å². The summed E-state index contributed by atoms with van der Waals surface area (Å²) in [7, 11) is 0. The van der Waals surface area contributed by atoms with Gasteiger partial charge in [-0.25, -0.2) is 4.68 Å².